The number of hydrogen-bond acceptors (Lipinski definition) is 10. The summed E-state index contributed by atoms with van der Waals surface area (Å²) in [6, 6.07) is 10.6. The van der Waals surface area contributed by atoms with Crippen LogP contribution in [0.3, 0.4) is 0 Å². The maximum absolute atomic E-state index is 13.6. The average Bonchev–Trinajstić information content (AvgIpc) is 3.49. The van der Waals surface area contributed by atoms with Crippen LogP contribution in [0.15, 0.2) is 48.0 Å². The molecule has 0 saturated carbocycles. The SMILES string of the molecule is CCCOc1ccc(C2C(=C(O)c3ccc(OCC)cc3)C(=O)C(=O)N2c2nc(C)c(C(=O)OCC)s2)cc1OCC. The van der Waals surface area contributed by atoms with E-state index in [0.29, 0.717) is 53.9 Å². The van der Waals surface area contributed by atoms with Crippen molar-refractivity contribution < 1.29 is 38.4 Å². The first-order chi connectivity index (χ1) is 20.2. The molecule has 1 saturated heterocycles. The molecule has 42 heavy (non-hydrogen) atoms. The number of ether oxygens (including phenoxy) is 4. The van der Waals surface area contributed by atoms with Gasteiger partial charge >= 0.3 is 11.9 Å². The number of thiazole rings is 1. The van der Waals surface area contributed by atoms with Gasteiger partial charge in [0.05, 0.1) is 43.7 Å². The van der Waals surface area contributed by atoms with Gasteiger partial charge in [-0.2, -0.15) is 0 Å². The van der Waals surface area contributed by atoms with Crippen LogP contribution >= 0.6 is 11.3 Å². The molecule has 0 spiro atoms. The van der Waals surface area contributed by atoms with Gasteiger partial charge < -0.3 is 24.1 Å². The van der Waals surface area contributed by atoms with E-state index in [9.17, 15) is 19.5 Å². The first-order valence-electron chi connectivity index (χ1n) is 13.8. The first kappa shape index (κ1) is 30.6. The Morgan fingerprint density at radius 1 is 0.952 bits per heavy atom. The molecule has 2 heterocycles. The van der Waals surface area contributed by atoms with Gasteiger partial charge in [-0.25, -0.2) is 9.78 Å². The van der Waals surface area contributed by atoms with Crippen molar-refractivity contribution in [2.45, 2.75) is 47.1 Å². The molecule has 10 nitrogen and oxygen atoms in total. The van der Waals surface area contributed by atoms with Crippen LogP contribution in [-0.4, -0.2) is 54.2 Å². The van der Waals surface area contributed by atoms with Crippen LogP contribution in [0.1, 0.15) is 66.7 Å². The summed E-state index contributed by atoms with van der Waals surface area (Å²) < 4.78 is 22.3. The maximum Gasteiger partial charge on any atom is 0.350 e. The number of rotatable bonds is 12. The maximum atomic E-state index is 13.6. The largest absolute Gasteiger partial charge is 0.507 e. The topological polar surface area (TPSA) is 124 Å². The summed E-state index contributed by atoms with van der Waals surface area (Å²) in [4.78, 5) is 45.7. The highest BCUT2D eigenvalue weighted by atomic mass is 32.1. The third-order valence-corrected chi connectivity index (χ3v) is 7.52. The number of carbonyl (C=O) groups is 3. The Morgan fingerprint density at radius 2 is 1.67 bits per heavy atom. The van der Waals surface area contributed by atoms with Crippen molar-refractivity contribution in [3.63, 3.8) is 0 Å². The predicted molar refractivity (Wildman–Crippen MR) is 159 cm³/mol. The number of hydrogen-bond donors (Lipinski definition) is 1. The van der Waals surface area contributed by atoms with E-state index in [1.54, 1.807) is 56.3 Å². The number of carbonyl (C=O) groups excluding carboxylic acids is 3. The Balaban J connectivity index is 1.91. The second kappa shape index (κ2) is 13.5. The molecule has 1 aromatic heterocycles. The fourth-order valence-corrected chi connectivity index (χ4v) is 5.53. The zero-order valence-corrected chi connectivity index (χ0v) is 25.1. The Morgan fingerprint density at radius 3 is 2.31 bits per heavy atom. The lowest BCUT2D eigenvalue weighted by Crippen LogP contribution is -2.29. The highest BCUT2D eigenvalue weighted by molar-refractivity contribution is 7.17. The van der Waals surface area contributed by atoms with Gasteiger partial charge in [0.25, 0.3) is 5.78 Å². The minimum absolute atomic E-state index is 0.123. The van der Waals surface area contributed by atoms with Crippen molar-refractivity contribution in [3.8, 4) is 17.2 Å². The van der Waals surface area contributed by atoms with Crippen LogP contribution in [0.4, 0.5) is 5.13 Å². The molecular formula is C31H34N2O8S. The normalized spacial score (nSPS) is 16.0. The number of aliphatic hydroxyl groups is 1. The molecule has 1 unspecified atom stereocenters. The summed E-state index contributed by atoms with van der Waals surface area (Å²) in [7, 11) is 0. The third kappa shape index (κ3) is 6.11. The molecule has 1 atom stereocenters. The molecule has 0 bridgehead atoms. The molecule has 4 rings (SSSR count). The van der Waals surface area contributed by atoms with Gasteiger partial charge in [0.2, 0.25) is 0 Å². The van der Waals surface area contributed by atoms with Crippen molar-refractivity contribution in [2.24, 2.45) is 0 Å². The van der Waals surface area contributed by atoms with Crippen LogP contribution in [0.2, 0.25) is 0 Å². The molecule has 222 valence electrons. The Bertz CT molecular complexity index is 1500. The standard InChI is InChI=1S/C31H34N2O8S/c1-6-16-41-22-15-12-20(17-23(22)39-8-3)25-24(26(34)19-10-13-21(14-11-19)38-7-2)27(35)29(36)33(25)31-32-18(5)28(42-31)30(37)40-9-4/h10-15,17,25,34H,6-9,16H2,1-5H3. The van der Waals surface area contributed by atoms with Crippen molar-refractivity contribution in [1.29, 1.82) is 0 Å². The summed E-state index contributed by atoms with van der Waals surface area (Å²) >= 11 is 0.945. The molecule has 2 aromatic carbocycles. The van der Waals surface area contributed by atoms with Crippen molar-refractivity contribution in [3.05, 3.63) is 69.7 Å². The number of Topliss-reactive ketones (excluding diaryl/α,β-unsaturated/α-hetero) is 1. The molecule has 11 heteroatoms. The van der Waals surface area contributed by atoms with Crippen LogP contribution in [-0.2, 0) is 14.3 Å². The van der Waals surface area contributed by atoms with E-state index in [2.05, 4.69) is 4.98 Å². The molecule has 1 amide bonds. The molecule has 0 radical (unpaired) electrons. The molecule has 0 aliphatic carbocycles. The highest BCUT2D eigenvalue weighted by Crippen LogP contribution is 2.45. The number of esters is 1. The zero-order valence-electron chi connectivity index (χ0n) is 24.3. The van der Waals surface area contributed by atoms with E-state index in [4.69, 9.17) is 18.9 Å². The van der Waals surface area contributed by atoms with Crippen LogP contribution in [0.25, 0.3) is 5.76 Å². The second-order valence-corrected chi connectivity index (χ2v) is 10.2. The minimum Gasteiger partial charge on any atom is -0.507 e. The molecule has 1 aliphatic rings. The Kier molecular flexibility index (Phi) is 9.84. The number of aliphatic hydroxyl groups excluding tert-OH is 1. The summed E-state index contributed by atoms with van der Waals surface area (Å²) in [6.07, 6.45) is 0.793. The quantitative estimate of drug-likeness (QED) is 0.119. The molecule has 1 aliphatic heterocycles. The van der Waals surface area contributed by atoms with Crippen LogP contribution < -0.4 is 19.1 Å². The minimum atomic E-state index is -1.07. The third-order valence-electron chi connectivity index (χ3n) is 6.38. The number of aromatic nitrogens is 1. The van der Waals surface area contributed by atoms with E-state index >= 15 is 0 Å². The molecule has 1 N–H and O–H groups in total. The van der Waals surface area contributed by atoms with Gasteiger partial charge in [0.1, 0.15) is 16.4 Å². The van der Waals surface area contributed by atoms with Crippen LogP contribution in [0, 0.1) is 6.92 Å². The fourth-order valence-electron chi connectivity index (χ4n) is 4.54. The fraction of sp³-hybridized carbons (Fsp3) is 0.355. The number of aryl methyl sites for hydroxylation is 1. The van der Waals surface area contributed by atoms with Crippen molar-refractivity contribution >= 4 is 39.9 Å². The monoisotopic (exact) mass is 594 g/mol. The van der Waals surface area contributed by atoms with E-state index in [1.165, 1.54) is 4.90 Å². The summed E-state index contributed by atoms with van der Waals surface area (Å²) in [5, 5.41) is 11.6. The van der Waals surface area contributed by atoms with E-state index in [0.717, 1.165) is 17.8 Å². The number of benzene rings is 2. The summed E-state index contributed by atoms with van der Waals surface area (Å²) in [6.45, 7) is 10.5. The number of ketones is 1. The molecular weight excluding hydrogens is 560 g/mol. The smallest absolute Gasteiger partial charge is 0.350 e. The van der Waals surface area contributed by atoms with Crippen molar-refractivity contribution in [1.82, 2.24) is 4.98 Å². The lowest BCUT2D eigenvalue weighted by atomic mass is 9.95. The van der Waals surface area contributed by atoms with E-state index in [1.807, 2.05) is 20.8 Å². The van der Waals surface area contributed by atoms with Gasteiger partial charge in [-0.3, -0.25) is 14.5 Å². The van der Waals surface area contributed by atoms with Gasteiger partial charge in [0, 0.05) is 5.56 Å². The average molecular weight is 595 g/mol. The van der Waals surface area contributed by atoms with E-state index < -0.39 is 23.7 Å². The lowest BCUT2D eigenvalue weighted by Gasteiger charge is -2.24. The summed E-state index contributed by atoms with van der Waals surface area (Å²) in [5.74, 6) is -1.16. The Hall–Kier alpha value is -4.38. The lowest BCUT2D eigenvalue weighted by molar-refractivity contribution is -0.132. The first-order valence-corrected chi connectivity index (χ1v) is 14.6. The van der Waals surface area contributed by atoms with Gasteiger partial charge in [-0.15, -0.1) is 0 Å². The summed E-state index contributed by atoms with van der Waals surface area (Å²) in [5.41, 5.74) is 1.05. The number of nitrogens with zero attached hydrogens (tertiary/aromatic N) is 2. The second-order valence-electron chi connectivity index (χ2n) is 9.25. The molecule has 1 fully saturated rings. The van der Waals surface area contributed by atoms with Gasteiger partial charge in [-0.1, -0.05) is 24.3 Å². The van der Waals surface area contributed by atoms with Crippen molar-refractivity contribution in [2.75, 3.05) is 31.3 Å². The van der Waals surface area contributed by atoms with E-state index in [-0.39, 0.29) is 27.9 Å². The molecule has 3 aromatic rings. The predicted octanol–water partition coefficient (Wildman–Crippen LogP) is 5.84. The van der Waals surface area contributed by atoms with Gasteiger partial charge in [-0.05, 0) is 76.1 Å². The van der Waals surface area contributed by atoms with Crippen LogP contribution in [0.5, 0.6) is 17.2 Å². The highest BCUT2D eigenvalue weighted by Gasteiger charge is 2.48. The number of amides is 1. The number of anilines is 1. The van der Waals surface area contributed by atoms with Gasteiger partial charge in [0.15, 0.2) is 16.6 Å². The Labute approximate surface area is 248 Å². The zero-order chi connectivity index (χ0) is 30.4.